The van der Waals surface area contributed by atoms with Gasteiger partial charge in [-0.15, -0.1) is 11.3 Å². The predicted octanol–water partition coefficient (Wildman–Crippen LogP) is 4.24. The number of amides is 2. The van der Waals surface area contributed by atoms with E-state index in [1.807, 2.05) is 31.4 Å². The fourth-order valence-electron chi connectivity index (χ4n) is 2.72. The van der Waals surface area contributed by atoms with Crippen LogP contribution < -0.4 is 5.32 Å². The second-order valence-corrected chi connectivity index (χ2v) is 8.21. The number of hydrogen-bond donors (Lipinski definition) is 1. The van der Waals surface area contributed by atoms with Crippen molar-refractivity contribution in [3.8, 4) is 0 Å². The molecule has 0 aliphatic heterocycles. The Morgan fingerprint density at radius 2 is 1.90 bits per heavy atom. The number of carbonyl (C=O) groups excluding carboxylic acids is 2. The van der Waals surface area contributed by atoms with Crippen molar-refractivity contribution in [2.24, 2.45) is 5.92 Å². The maximum absolute atomic E-state index is 13.6. The average molecular weight is 433 g/mol. The summed E-state index contributed by atoms with van der Waals surface area (Å²) in [6.07, 6.45) is 0. The molecule has 30 heavy (non-hydrogen) atoms. The molecule has 3 aromatic rings. The Morgan fingerprint density at radius 1 is 1.17 bits per heavy atom. The summed E-state index contributed by atoms with van der Waals surface area (Å²) in [6, 6.07) is 7.82. The van der Waals surface area contributed by atoms with Crippen LogP contribution in [-0.4, -0.2) is 28.4 Å². The van der Waals surface area contributed by atoms with E-state index in [2.05, 4.69) is 10.5 Å². The Morgan fingerprint density at radius 3 is 2.53 bits per heavy atom. The maximum Gasteiger partial charge on any atom is 0.273 e. The third-order valence-electron chi connectivity index (χ3n) is 4.13. The summed E-state index contributed by atoms with van der Waals surface area (Å²) >= 11 is 1.45. The first-order valence-electron chi connectivity index (χ1n) is 9.33. The molecule has 0 spiro atoms. The van der Waals surface area contributed by atoms with E-state index in [0.717, 1.165) is 17.0 Å². The number of nitrogens with zero attached hydrogens (tertiary/aromatic N) is 2. The minimum Gasteiger partial charge on any atom is -0.359 e. The first kappa shape index (κ1) is 21.6. The molecule has 9 heteroatoms. The van der Waals surface area contributed by atoms with E-state index in [-0.39, 0.29) is 41.9 Å². The SMILES string of the molecule is CC(C)CNC(=O)c1cc(CN(Cc2cccs2)C(=O)c2cc(F)cc(F)c2)on1. The van der Waals surface area contributed by atoms with Crippen LogP contribution in [0.3, 0.4) is 0 Å². The second-order valence-electron chi connectivity index (χ2n) is 7.18. The topological polar surface area (TPSA) is 75.4 Å². The van der Waals surface area contributed by atoms with E-state index < -0.39 is 17.5 Å². The lowest BCUT2D eigenvalue weighted by Gasteiger charge is -2.21. The first-order chi connectivity index (χ1) is 14.3. The van der Waals surface area contributed by atoms with Gasteiger partial charge in [-0.1, -0.05) is 25.1 Å². The highest BCUT2D eigenvalue weighted by Gasteiger charge is 2.22. The first-order valence-corrected chi connectivity index (χ1v) is 10.2. The molecule has 0 fully saturated rings. The number of benzene rings is 1. The van der Waals surface area contributed by atoms with Gasteiger partial charge in [0.1, 0.15) is 11.6 Å². The molecule has 0 radical (unpaired) electrons. The number of nitrogens with one attached hydrogen (secondary N) is 1. The molecule has 6 nitrogen and oxygen atoms in total. The monoisotopic (exact) mass is 433 g/mol. The molecular weight excluding hydrogens is 412 g/mol. The summed E-state index contributed by atoms with van der Waals surface area (Å²) in [4.78, 5) is 27.4. The van der Waals surface area contributed by atoms with Crippen LogP contribution in [0.4, 0.5) is 8.78 Å². The van der Waals surface area contributed by atoms with E-state index in [1.165, 1.54) is 22.3 Å². The van der Waals surface area contributed by atoms with Gasteiger partial charge in [-0.25, -0.2) is 8.78 Å². The van der Waals surface area contributed by atoms with Gasteiger partial charge in [0.05, 0.1) is 13.1 Å². The third kappa shape index (κ3) is 5.73. The van der Waals surface area contributed by atoms with Crippen LogP contribution in [0.25, 0.3) is 0 Å². The van der Waals surface area contributed by atoms with Gasteiger partial charge < -0.3 is 14.7 Å². The van der Waals surface area contributed by atoms with Crippen molar-refractivity contribution in [1.82, 2.24) is 15.4 Å². The Labute approximate surface area is 176 Å². The minimum atomic E-state index is -0.835. The molecule has 0 unspecified atom stereocenters. The largest absolute Gasteiger partial charge is 0.359 e. The zero-order valence-electron chi connectivity index (χ0n) is 16.5. The highest BCUT2D eigenvalue weighted by molar-refractivity contribution is 7.09. The molecule has 2 heterocycles. The van der Waals surface area contributed by atoms with Gasteiger partial charge in [0.2, 0.25) is 0 Å². The summed E-state index contributed by atoms with van der Waals surface area (Å²) in [5.74, 6) is -2.04. The van der Waals surface area contributed by atoms with Gasteiger partial charge in [-0.05, 0) is 29.5 Å². The smallest absolute Gasteiger partial charge is 0.273 e. The summed E-state index contributed by atoms with van der Waals surface area (Å²) in [6.45, 7) is 4.63. The molecule has 1 aromatic carbocycles. The third-order valence-corrected chi connectivity index (χ3v) is 4.99. The lowest BCUT2D eigenvalue weighted by Crippen LogP contribution is -2.30. The van der Waals surface area contributed by atoms with E-state index in [1.54, 1.807) is 0 Å². The molecular formula is C21H21F2N3O3S. The lowest BCUT2D eigenvalue weighted by molar-refractivity contribution is 0.0713. The van der Waals surface area contributed by atoms with Gasteiger partial charge in [0.15, 0.2) is 11.5 Å². The van der Waals surface area contributed by atoms with Gasteiger partial charge in [0, 0.05) is 29.1 Å². The van der Waals surface area contributed by atoms with Crippen LogP contribution in [0.2, 0.25) is 0 Å². The molecule has 3 rings (SSSR count). The van der Waals surface area contributed by atoms with Crippen LogP contribution in [0.5, 0.6) is 0 Å². The van der Waals surface area contributed by atoms with Gasteiger partial charge >= 0.3 is 0 Å². The van der Waals surface area contributed by atoms with Crippen LogP contribution in [-0.2, 0) is 13.1 Å². The van der Waals surface area contributed by atoms with Crippen LogP contribution >= 0.6 is 11.3 Å². The van der Waals surface area contributed by atoms with Crippen molar-refractivity contribution in [3.05, 3.63) is 75.3 Å². The maximum atomic E-state index is 13.6. The molecule has 0 aliphatic rings. The summed E-state index contributed by atoms with van der Waals surface area (Å²) in [5, 5.41) is 8.37. The molecule has 0 saturated heterocycles. The Kier molecular flexibility index (Phi) is 6.94. The van der Waals surface area contributed by atoms with Crippen LogP contribution in [0.1, 0.15) is 45.3 Å². The van der Waals surface area contributed by atoms with Crippen molar-refractivity contribution < 1.29 is 22.9 Å². The van der Waals surface area contributed by atoms with Crippen molar-refractivity contribution in [3.63, 3.8) is 0 Å². The molecule has 2 aromatic heterocycles. The summed E-state index contributed by atoms with van der Waals surface area (Å²) < 4.78 is 32.4. The molecule has 2 amide bonds. The quantitative estimate of drug-likeness (QED) is 0.577. The summed E-state index contributed by atoms with van der Waals surface area (Å²) in [5.41, 5.74) is -0.00977. The number of carbonyl (C=O) groups is 2. The van der Waals surface area contributed by atoms with E-state index >= 15 is 0 Å². The van der Waals surface area contributed by atoms with Crippen molar-refractivity contribution in [2.45, 2.75) is 26.9 Å². The Bertz CT molecular complexity index is 998. The number of hydrogen-bond acceptors (Lipinski definition) is 5. The highest BCUT2D eigenvalue weighted by atomic mass is 32.1. The number of thiophene rings is 1. The molecule has 0 aliphatic carbocycles. The Balaban J connectivity index is 1.79. The average Bonchev–Trinajstić information content (AvgIpc) is 3.36. The van der Waals surface area contributed by atoms with E-state index in [4.69, 9.17) is 4.52 Å². The Hall–Kier alpha value is -3.07. The number of halogens is 2. The predicted molar refractivity (Wildman–Crippen MR) is 108 cm³/mol. The fraction of sp³-hybridized carbons (Fsp3) is 0.286. The van der Waals surface area contributed by atoms with E-state index in [9.17, 15) is 18.4 Å². The standard InChI is InChI=1S/C21H21F2N3O3S/c1-13(2)10-24-20(27)19-9-17(29-25-19)11-26(12-18-4-3-5-30-18)21(28)14-6-15(22)8-16(23)7-14/h3-9,13H,10-12H2,1-2H3,(H,24,27). The van der Waals surface area contributed by atoms with Crippen molar-refractivity contribution in [1.29, 1.82) is 0 Å². The fourth-order valence-corrected chi connectivity index (χ4v) is 3.44. The summed E-state index contributed by atoms with van der Waals surface area (Å²) in [7, 11) is 0. The molecule has 0 bridgehead atoms. The zero-order valence-corrected chi connectivity index (χ0v) is 17.3. The van der Waals surface area contributed by atoms with Gasteiger partial charge in [-0.2, -0.15) is 0 Å². The minimum absolute atomic E-state index is 0.0146. The van der Waals surface area contributed by atoms with E-state index in [0.29, 0.717) is 12.6 Å². The normalized spacial score (nSPS) is 11.0. The second kappa shape index (κ2) is 9.62. The molecule has 0 saturated carbocycles. The van der Waals surface area contributed by atoms with Gasteiger partial charge in [-0.3, -0.25) is 9.59 Å². The van der Waals surface area contributed by atoms with Crippen molar-refractivity contribution in [2.75, 3.05) is 6.54 Å². The highest BCUT2D eigenvalue weighted by Crippen LogP contribution is 2.19. The zero-order chi connectivity index (χ0) is 21.7. The van der Waals surface area contributed by atoms with Gasteiger partial charge in [0.25, 0.3) is 11.8 Å². The van der Waals surface area contributed by atoms with Crippen molar-refractivity contribution >= 4 is 23.2 Å². The number of aromatic nitrogens is 1. The van der Waals surface area contributed by atoms with Crippen LogP contribution in [0.15, 0.2) is 46.3 Å². The van der Waals surface area contributed by atoms with Crippen LogP contribution in [0, 0.1) is 17.6 Å². The number of rotatable bonds is 8. The molecule has 158 valence electrons. The molecule has 0 atom stereocenters. The molecule has 1 N–H and O–H groups in total. The lowest BCUT2D eigenvalue weighted by atomic mass is 10.1.